The van der Waals surface area contributed by atoms with E-state index in [2.05, 4.69) is 31.6 Å². The van der Waals surface area contributed by atoms with Gasteiger partial charge in [-0.05, 0) is 55.2 Å². The Kier molecular flexibility index (Phi) is 16.6. The predicted molar refractivity (Wildman–Crippen MR) is 196 cm³/mol. The lowest BCUT2D eigenvalue weighted by molar-refractivity contribution is -0.141. The summed E-state index contributed by atoms with van der Waals surface area (Å²) in [6, 6.07) is 7.85. The first-order chi connectivity index (χ1) is 25.7. The quantitative estimate of drug-likeness (QED) is 0.0452. The van der Waals surface area contributed by atoms with Gasteiger partial charge in [-0.2, -0.15) is 0 Å². The second-order valence-corrected chi connectivity index (χ2v) is 13.3. The van der Waals surface area contributed by atoms with Crippen LogP contribution in [0.1, 0.15) is 48.5 Å². The minimum Gasteiger partial charge on any atom is -0.481 e. The van der Waals surface area contributed by atoms with Crippen molar-refractivity contribution in [3.05, 3.63) is 65.9 Å². The lowest BCUT2D eigenvalue weighted by atomic mass is 10.0. The Morgan fingerprint density at radius 3 is 2.07 bits per heavy atom. The second kappa shape index (κ2) is 21.0. The zero-order chi connectivity index (χ0) is 39.8. The number of thioether (sulfide) groups is 1. The van der Waals surface area contributed by atoms with E-state index in [9.17, 15) is 48.6 Å². The third kappa shape index (κ3) is 13.3. The number of aromatic nitrogens is 1. The summed E-state index contributed by atoms with van der Waals surface area (Å²) < 4.78 is 0. The smallest absolute Gasteiger partial charge is 0.305 e. The molecule has 6 amide bonds. The van der Waals surface area contributed by atoms with Gasteiger partial charge in [-0.15, -0.1) is 0 Å². The van der Waals surface area contributed by atoms with Crippen LogP contribution in [0.5, 0.6) is 0 Å². The molecule has 0 spiro atoms. The van der Waals surface area contributed by atoms with Crippen molar-refractivity contribution in [2.45, 2.75) is 68.1 Å². The maximum Gasteiger partial charge on any atom is 0.305 e. The number of H-pyrrole nitrogens is 1. The Bertz CT molecular complexity index is 1830. The number of carbonyl (C=O) groups excluding carboxylic acids is 7. The highest BCUT2D eigenvalue weighted by Gasteiger charge is 2.32. The molecular formula is C35H44N8O10S. The molecule has 0 aliphatic rings. The average Bonchev–Trinajstić information content (AvgIpc) is 3.54. The number of unbranched alkanes of at least 4 members (excludes halogenated alkanes) is 1. The zero-order valence-electron chi connectivity index (χ0n) is 29.4. The molecule has 54 heavy (non-hydrogen) atoms. The fourth-order valence-electron chi connectivity index (χ4n) is 5.28. The normalized spacial score (nSPS) is 13.1. The van der Waals surface area contributed by atoms with E-state index in [4.69, 9.17) is 11.5 Å². The summed E-state index contributed by atoms with van der Waals surface area (Å²) in [6.45, 7) is 0.383. The number of nitrogens with two attached hydrogens (primary N) is 2. The summed E-state index contributed by atoms with van der Waals surface area (Å²) in [4.78, 5) is 104. The third-order valence-electron chi connectivity index (χ3n) is 8.00. The molecule has 3 rings (SSSR count). The summed E-state index contributed by atoms with van der Waals surface area (Å²) in [6.07, 6.45) is 1.34. The number of carboxylic acids is 1. The molecule has 2 aromatic carbocycles. The standard InChI is InChI=1S/C35H44N8O10S/c1-19(45)40-26(14-21-17-39-24-7-3-2-6-23(21)24)34(52)41-25(33(51)42-27(15-29(46)47)35(53)43-28(18-44)31(37)49)8-4-5-13-38-32(50)20-9-11-22(12-10-20)54-30(48)16-36/h2-3,6-7,9-12,17,25-28,39,44H,4-5,8,13-16,18,36H2,1H3,(H2,37,49)(H,38,50)(H,40,45)(H,41,52)(H,42,51)(H,43,53)(H,46,47). The number of rotatable bonds is 21. The Balaban J connectivity index is 1.75. The second-order valence-electron chi connectivity index (χ2n) is 12.1. The highest BCUT2D eigenvalue weighted by atomic mass is 32.2. The van der Waals surface area contributed by atoms with Crippen molar-refractivity contribution in [3.8, 4) is 0 Å². The van der Waals surface area contributed by atoms with Crippen molar-refractivity contribution in [2.24, 2.45) is 11.5 Å². The number of carboxylic acid groups (broad SMARTS) is 1. The van der Waals surface area contributed by atoms with Gasteiger partial charge in [0, 0.05) is 47.4 Å². The van der Waals surface area contributed by atoms with Crippen molar-refractivity contribution in [1.29, 1.82) is 0 Å². The minimum atomic E-state index is -1.74. The summed E-state index contributed by atoms with van der Waals surface area (Å²) in [7, 11) is 0. The fraction of sp³-hybridized carbons (Fsp3) is 0.371. The number of aliphatic hydroxyl groups excluding tert-OH is 1. The SMILES string of the molecule is CC(=O)NC(Cc1c[nH]c2ccccc12)C(=O)NC(CCCCNC(=O)c1ccc(SC(=O)CN)cc1)C(=O)NC(CC(=O)O)C(=O)NC(CO)C(N)=O. The number of fused-ring (bicyclic) bond motifs is 1. The molecule has 290 valence electrons. The summed E-state index contributed by atoms with van der Waals surface area (Å²) in [5.41, 5.74) is 12.3. The number of benzene rings is 2. The van der Waals surface area contributed by atoms with E-state index < -0.39 is 78.6 Å². The molecule has 0 saturated carbocycles. The minimum absolute atomic E-state index is 0.0402. The van der Waals surface area contributed by atoms with Crippen LogP contribution in [0.3, 0.4) is 0 Å². The Morgan fingerprint density at radius 2 is 1.44 bits per heavy atom. The highest BCUT2D eigenvalue weighted by molar-refractivity contribution is 8.13. The molecule has 0 aliphatic heterocycles. The molecule has 19 heteroatoms. The van der Waals surface area contributed by atoms with Crippen LogP contribution in [-0.2, 0) is 40.0 Å². The first-order valence-electron chi connectivity index (χ1n) is 16.9. The van der Waals surface area contributed by atoms with Crippen molar-refractivity contribution in [3.63, 3.8) is 0 Å². The molecule has 0 radical (unpaired) electrons. The average molecular weight is 769 g/mol. The number of aromatic amines is 1. The number of para-hydroxylation sites is 1. The largest absolute Gasteiger partial charge is 0.481 e. The van der Waals surface area contributed by atoms with Gasteiger partial charge in [-0.1, -0.05) is 30.0 Å². The summed E-state index contributed by atoms with van der Waals surface area (Å²) >= 11 is 0.955. The van der Waals surface area contributed by atoms with Crippen LogP contribution in [0.15, 0.2) is 59.6 Å². The number of hydrogen-bond donors (Lipinski definition) is 10. The van der Waals surface area contributed by atoms with Gasteiger partial charge in [0.15, 0.2) is 0 Å². The summed E-state index contributed by atoms with van der Waals surface area (Å²) in [5.74, 6) is -6.31. The van der Waals surface area contributed by atoms with Crippen LogP contribution in [0.2, 0.25) is 0 Å². The van der Waals surface area contributed by atoms with Crippen LogP contribution in [0.4, 0.5) is 0 Å². The molecule has 0 saturated heterocycles. The Morgan fingerprint density at radius 1 is 0.815 bits per heavy atom. The molecule has 3 aromatic rings. The van der Waals surface area contributed by atoms with Crippen molar-refractivity contribution >= 4 is 69.2 Å². The van der Waals surface area contributed by atoms with Crippen LogP contribution in [0.25, 0.3) is 10.9 Å². The van der Waals surface area contributed by atoms with Gasteiger partial charge in [0.05, 0.1) is 19.6 Å². The van der Waals surface area contributed by atoms with E-state index in [0.29, 0.717) is 22.4 Å². The van der Waals surface area contributed by atoms with E-state index in [-0.39, 0.29) is 37.5 Å². The number of nitrogens with one attached hydrogen (secondary N) is 6. The van der Waals surface area contributed by atoms with E-state index in [1.807, 2.05) is 24.3 Å². The monoisotopic (exact) mass is 768 g/mol. The van der Waals surface area contributed by atoms with Crippen LogP contribution in [0, 0.1) is 0 Å². The molecule has 0 bridgehead atoms. The lowest BCUT2D eigenvalue weighted by Crippen LogP contribution is -2.59. The lowest BCUT2D eigenvalue weighted by Gasteiger charge is -2.25. The number of primary amides is 1. The number of aliphatic carboxylic acids is 1. The van der Waals surface area contributed by atoms with Crippen LogP contribution in [-0.4, -0.2) is 106 Å². The first kappa shape index (κ1) is 42.6. The molecule has 1 aromatic heterocycles. The maximum absolute atomic E-state index is 13.7. The predicted octanol–water partition coefficient (Wildman–Crippen LogP) is -1.20. The first-order valence-corrected chi connectivity index (χ1v) is 17.7. The molecule has 1 heterocycles. The Hall–Kier alpha value is -5.79. The van der Waals surface area contributed by atoms with E-state index in [0.717, 1.165) is 22.7 Å². The van der Waals surface area contributed by atoms with E-state index in [1.165, 1.54) is 6.92 Å². The van der Waals surface area contributed by atoms with Gasteiger partial charge in [0.1, 0.15) is 24.2 Å². The van der Waals surface area contributed by atoms with Gasteiger partial charge in [0.2, 0.25) is 34.7 Å². The molecule has 0 aliphatic carbocycles. The van der Waals surface area contributed by atoms with Gasteiger partial charge < -0.3 is 53.2 Å². The third-order valence-corrected chi connectivity index (χ3v) is 8.90. The topological polar surface area (TPSA) is 305 Å². The molecular weight excluding hydrogens is 724 g/mol. The number of carbonyl (C=O) groups is 8. The zero-order valence-corrected chi connectivity index (χ0v) is 30.2. The molecule has 4 atom stereocenters. The van der Waals surface area contributed by atoms with Crippen molar-refractivity contribution in [2.75, 3.05) is 19.7 Å². The fourth-order valence-corrected chi connectivity index (χ4v) is 5.89. The molecule has 12 N–H and O–H groups in total. The van der Waals surface area contributed by atoms with Gasteiger partial charge in [-0.25, -0.2) is 0 Å². The maximum atomic E-state index is 13.7. The number of aliphatic hydroxyl groups is 1. The molecule has 4 unspecified atom stereocenters. The molecule has 0 fully saturated rings. The Labute approximate surface area is 313 Å². The summed E-state index contributed by atoms with van der Waals surface area (Å²) in [5, 5.41) is 31.8. The molecule has 18 nitrogen and oxygen atoms in total. The van der Waals surface area contributed by atoms with Gasteiger partial charge in [0.25, 0.3) is 5.91 Å². The van der Waals surface area contributed by atoms with E-state index >= 15 is 0 Å². The van der Waals surface area contributed by atoms with Crippen molar-refractivity contribution < 1.29 is 48.6 Å². The number of hydrogen-bond acceptors (Lipinski definition) is 11. The van der Waals surface area contributed by atoms with Gasteiger partial charge in [-0.3, -0.25) is 38.4 Å². The van der Waals surface area contributed by atoms with Crippen LogP contribution >= 0.6 is 11.8 Å². The van der Waals surface area contributed by atoms with Gasteiger partial charge >= 0.3 is 5.97 Å². The number of amides is 6. The van der Waals surface area contributed by atoms with Crippen molar-refractivity contribution in [1.82, 2.24) is 31.6 Å². The van der Waals surface area contributed by atoms with Crippen LogP contribution < -0.4 is 38.1 Å². The van der Waals surface area contributed by atoms with E-state index in [1.54, 1.807) is 30.5 Å². The highest BCUT2D eigenvalue weighted by Crippen LogP contribution is 2.20.